The first-order chi connectivity index (χ1) is 15.4. The number of nitrogens with two attached hydrogens (primary N) is 1. The standard InChI is InChI=1S/C25H28N4O3/c1-3-4-16-28(21(30)15-14-20-13-9-8-10-18(20)2)22-23(26)29(25(32)27-24(22)31)17-19-11-6-5-7-12-19/h5-15H,3-4,16-17,26H2,1-2H3,(H,27,31,32)/b15-14+. The molecule has 0 spiro atoms. The van der Waals surface area contributed by atoms with Crippen LogP contribution in [0, 0.1) is 6.92 Å². The predicted molar refractivity (Wildman–Crippen MR) is 129 cm³/mol. The molecule has 3 N–H and O–H groups in total. The number of amides is 1. The van der Waals surface area contributed by atoms with Crippen LogP contribution < -0.4 is 21.9 Å². The van der Waals surface area contributed by atoms with E-state index in [2.05, 4.69) is 4.98 Å². The summed E-state index contributed by atoms with van der Waals surface area (Å²) >= 11 is 0. The summed E-state index contributed by atoms with van der Waals surface area (Å²) < 4.78 is 1.28. The molecule has 7 heteroatoms. The van der Waals surface area contributed by atoms with Crippen molar-refractivity contribution >= 4 is 23.5 Å². The molecule has 1 heterocycles. The SMILES string of the molecule is CCCCN(C(=O)/C=C/c1ccccc1C)c1c(N)n(Cc2ccccc2)c(=O)[nH]c1=O. The van der Waals surface area contributed by atoms with Gasteiger partial charge in [0.2, 0.25) is 0 Å². The number of carbonyl (C=O) groups is 1. The van der Waals surface area contributed by atoms with Crippen molar-refractivity contribution in [2.75, 3.05) is 17.2 Å². The first kappa shape index (κ1) is 22.8. The molecule has 0 aliphatic carbocycles. The first-order valence-corrected chi connectivity index (χ1v) is 10.6. The number of benzene rings is 2. The lowest BCUT2D eigenvalue weighted by Gasteiger charge is -2.23. The van der Waals surface area contributed by atoms with E-state index in [4.69, 9.17) is 5.73 Å². The molecule has 32 heavy (non-hydrogen) atoms. The van der Waals surface area contributed by atoms with Crippen LogP contribution >= 0.6 is 0 Å². The Kier molecular flexibility index (Phi) is 7.44. The molecule has 7 nitrogen and oxygen atoms in total. The second-order valence-corrected chi connectivity index (χ2v) is 7.60. The quantitative estimate of drug-likeness (QED) is 0.533. The summed E-state index contributed by atoms with van der Waals surface area (Å²) in [7, 11) is 0. The van der Waals surface area contributed by atoms with E-state index in [0.29, 0.717) is 13.0 Å². The van der Waals surface area contributed by atoms with Crippen LogP contribution in [0.3, 0.4) is 0 Å². The van der Waals surface area contributed by atoms with Gasteiger partial charge in [0.15, 0.2) is 5.69 Å². The number of nitrogens with zero attached hydrogens (tertiary/aromatic N) is 2. The molecule has 0 saturated carbocycles. The highest BCUT2D eigenvalue weighted by atomic mass is 16.2. The van der Waals surface area contributed by atoms with Crippen molar-refractivity contribution in [1.82, 2.24) is 9.55 Å². The number of carbonyl (C=O) groups excluding carboxylic acids is 1. The van der Waals surface area contributed by atoms with Crippen LogP contribution in [0.1, 0.15) is 36.5 Å². The summed E-state index contributed by atoms with van der Waals surface area (Å²) in [5, 5.41) is 0. The van der Waals surface area contributed by atoms with Gasteiger partial charge in [-0.15, -0.1) is 0 Å². The van der Waals surface area contributed by atoms with Gasteiger partial charge in [-0.25, -0.2) is 4.79 Å². The van der Waals surface area contributed by atoms with Crippen LogP contribution in [-0.4, -0.2) is 22.0 Å². The lowest BCUT2D eigenvalue weighted by Crippen LogP contribution is -2.41. The van der Waals surface area contributed by atoms with Crippen molar-refractivity contribution in [3.63, 3.8) is 0 Å². The number of nitrogen functional groups attached to an aromatic ring is 1. The highest BCUT2D eigenvalue weighted by molar-refractivity contribution is 6.05. The zero-order chi connectivity index (χ0) is 23.1. The van der Waals surface area contributed by atoms with E-state index >= 15 is 0 Å². The molecule has 0 saturated heterocycles. The Hall–Kier alpha value is -3.87. The van der Waals surface area contributed by atoms with Gasteiger partial charge in [-0.05, 0) is 36.1 Å². The van der Waals surface area contributed by atoms with Gasteiger partial charge < -0.3 is 10.6 Å². The van der Waals surface area contributed by atoms with Crippen LogP contribution in [-0.2, 0) is 11.3 Å². The minimum atomic E-state index is -0.675. The minimum Gasteiger partial charge on any atom is -0.383 e. The molecule has 0 aliphatic rings. The van der Waals surface area contributed by atoms with Gasteiger partial charge in [0.1, 0.15) is 5.82 Å². The Morgan fingerprint density at radius 1 is 1.09 bits per heavy atom. The van der Waals surface area contributed by atoms with Crippen molar-refractivity contribution in [1.29, 1.82) is 0 Å². The average molecular weight is 433 g/mol. The molecule has 0 radical (unpaired) electrons. The molecule has 1 amide bonds. The van der Waals surface area contributed by atoms with Crippen molar-refractivity contribution < 1.29 is 4.79 Å². The molecular formula is C25H28N4O3. The summed E-state index contributed by atoms with van der Waals surface area (Å²) in [6.07, 6.45) is 4.66. The number of nitrogens with one attached hydrogen (secondary N) is 1. The second kappa shape index (κ2) is 10.4. The summed E-state index contributed by atoms with van der Waals surface area (Å²) in [5.41, 5.74) is 7.80. The third kappa shape index (κ3) is 5.24. The van der Waals surface area contributed by atoms with Crippen LogP contribution in [0.15, 0.2) is 70.3 Å². The highest BCUT2D eigenvalue weighted by Gasteiger charge is 2.22. The largest absolute Gasteiger partial charge is 0.383 e. The third-order valence-corrected chi connectivity index (χ3v) is 5.26. The van der Waals surface area contributed by atoms with E-state index in [9.17, 15) is 14.4 Å². The Morgan fingerprint density at radius 3 is 2.47 bits per heavy atom. The number of rotatable bonds is 8. The van der Waals surface area contributed by atoms with Crippen molar-refractivity contribution in [3.8, 4) is 0 Å². The summed E-state index contributed by atoms with van der Waals surface area (Å²) in [6.45, 7) is 4.45. The molecule has 0 bridgehead atoms. The number of H-pyrrole nitrogens is 1. The van der Waals surface area contributed by atoms with E-state index in [-0.39, 0.29) is 24.0 Å². The molecule has 1 aromatic heterocycles. The van der Waals surface area contributed by atoms with Gasteiger partial charge in [-0.1, -0.05) is 67.9 Å². The summed E-state index contributed by atoms with van der Waals surface area (Å²) in [5.74, 6) is -0.403. The number of hydrogen-bond acceptors (Lipinski definition) is 4. The van der Waals surface area contributed by atoms with Gasteiger partial charge in [0.05, 0.1) is 6.54 Å². The fourth-order valence-electron chi connectivity index (χ4n) is 3.43. The molecule has 3 aromatic rings. The molecule has 0 aliphatic heterocycles. The van der Waals surface area contributed by atoms with E-state index in [1.54, 1.807) is 6.08 Å². The van der Waals surface area contributed by atoms with Crippen LogP contribution in [0.4, 0.5) is 11.5 Å². The Balaban J connectivity index is 2.02. The van der Waals surface area contributed by atoms with Crippen molar-refractivity contribution in [3.05, 3.63) is 98.2 Å². The Bertz CT molecular complexity index is 1230. The highest BCUT2D eigenvalue weighted by Crippen LogP contribution is 2.19. The van der Waals surface area contributed by atoms with Gasteiger partial charge in [0.25, 0.3) is 11.5 Å². The van der Waals surface area contributed by atoms with Gasteiger partial charge in [-0.3, -0.25) is 19.1 Å². The first-order valence-electron chi connectivity index (χ1n) is 10.6. The zero-order valence-corrected chi connectivity index (χ0v) is 18.4. The second-order valence-electron chi connectivity index (χ2n) is 7.60. The number of anilines is 2. The third-order valence-electron chi connectivity index (χ3n) is 5.26. The van der Waals surface area contributed by atoms with Gasteiger partial charge >= 0.3 is 5.69 Å². The minimum absolute atomic E-state index is 0.00610. The molecule has 3 rings (SSSR count). The molecule has 0 unspecified atom stereocenters. The molecule has 2 aromatic carbocycles. The lowest BCUT2D eigenvalue weighted by molar-refractivity contribution is -0.114. The maximum absolute atomic E-state index is 13.1. The maximum atomic E-state index is 13.1. The fraction of sp³-hybridized carbons (Fsp3) is 0.240. The van der Waals surface area contributed by atoms with Gasteiger partial charge in [0, 0.05) is 12.6 Å². The van der Waals surface area contributed by atoms with E-state index in [1.807, 2.05) is 68.4 Å². The summed E-state index contributed by atoms with van der Waals surface area (Å²) in [4.78, 5) is 42.0. The predicted octanol–water partition coefficient (Wildman–Crippen LogP) is 3.32. The number of aryl methyl sites for hydroxylation is 1. The molecule has 0 atom stereocenters. The van der Waals surface area contributed by atoms with Crippen LogP contribution in [0.25, 0.3) is 6.08 Å². The van der Waals surface area contributed by atoms with Gasteiger partial charge in [-0.2, -0.15) is 0 Å². The normalized spacial score (nSPS) is 11.1. The van der Waals surface area contributed by atoms with E-state index < -0.39 is 11.2 Å². The molecule has 0 fully saturated rings. The zero-order valence-electron chi connectivity index (χ0n) is 18.4. The smallest absolute Gasteiger partial charge is 0.330 e. The maximum Gasteiger partial charge on any atom is 0.330 e. The fourth-order valence-corrected chi connectivity index (χ4v) is 3.43. The monoisotopic (exact) mass is 432 g/mol. The number of aromatic nitrogens is 2. The van der Waals surface area contributed by atoms with Crippen molar-refractivity contribution in [2.45, 2.75) is 33.2 Å². The Labute approximate surface area is 186 Å². The van der Waals surface area contributed by atoms with Crippen LogP contribution in [0.5, 0.6) is 0 Å². The summed E-state index contributed by atoms with van der Waals surface area (Å²) in [6, 6.07) is 17.0. The van der Waals surface area contributed by atoms with E-state index in [0.717, 1.165) is 23.1 Å². The van der Waals surface area contributed by atoms with Crippen molar-refractivity contribution in [2.24, 2.45) is 0 Å². The molecule has 166 valence electrons. The number of hydrogen-bond donors (Lipinski definition) is 2. The Morgan fingerprint density at radius 2 is 1.78 bits per heavy atom. The number of unbranched alkanes of at least 4 members (excludes halogenated alkanes) is 1. The number of aromatic amines is 1. The lowest BCUT2D eigenvalue weighted by atomic mass is 10.1. The average Bonchev–Trinajstić information content (AvgIpc) is 2.78. The van der Waals surface area contributed by atoms with E-state index in [1.165, 1.54) is 15.5 Å². The topological polar surface area (TPSA) is 101 Å². The molecular weight excluding hydrogens is 404 g/mol. The van der Waals surface area contributed by atoms with Crippen LogP contribution in [0.2, 0.25) is 0 Å².